The molecule has 0 bridgehead atoms. The summed E-state index contributed by atoms with van der Waals surface area (Å²) in [7, 11) is 0. The zero-order chi connectivity index (χ0) is 18.5. The van der Waals surface area contributed by atoms with E-state index in [2.05, 4.69) is 24.2 Å². The number of hydrogen-bond donors (Lipinski definition) is 3. The van der Waals surface area contributed by atoms with E-state index in [0.717, 1.165) is 5.84 Å². The van der Waals surface area contributed by atoms with Crippen LogP contribution in [-0.2, 0) is 9.59 Å². The number of halogens is 1. The maximum atomic E-state index is 12.4. The first-order chi connectivity index (χ1) is 11.6. The molecule has 0 aromatic carbocycles. The number of carboxylic acid groups (broad SMARTS) is 1. The molecule has 10 heteroatoms. The van der Waals surface area contributed by atoms with Crippen molar-refractivity contribution >= 4 is 63.8 Å². The van der Waals surface area contributed by atoms with Gasteiger partial charge in [0.1, 0.15) is 14.9 Å². The summed E-state index contributed by atoms with van der Waals surface area (Å²) in [5.41, 5.74) is 0.0422. The van der Waals surface area contributed by atoms with Gasteiger partial charge in [-0.1, -0.05) is 25.6 Å². The molecular formula is C15H20IN3O4S2. The van der Waals surface area contributed by atoms with E-state index in [4.69, 9.17) is 0 Å². The van der Waals surface area contributed by atoms with Gasteiger partial charge in [0.25, 0.3) is 0 Å². The van der Waals surface area contributed by atoms with Gasteiger partial charge in [0, 0.05) is 17.7 Å². The molecule has 3 heterocycles. The Kier molecular flexibility index (Phi) is 5.35. The molecule has 1 amide bonds. The Morgan fingerprint density at radius 2 is 2.24 bits per heavy atom. The highest BCUT2D eigenvalue weighted by molar-refractivity contribution is 14.1. The van der Waals surface area contributed by atoms with Crippen molar-refractivity contribution in [3.8, 4) is 0 Å². The number of amides is 1. The first-order valence-corrected chi connectivity index (χ1v) is 10.8. The van der Waals surface area contributed by atoms with Crippen LogP contribution in [0.4, 0.5) is 0 Å². The lowest BCUT2D eigenvalue weighted by atomic mass is 9.92. The van der Waals surface area contributed by atoms with Crippen LogP contribution in [0.25, 0.3) is 0 Å². The zero-order valence-electron chi connectivity index (χ0n) is 14.0. The average Bonchev–Trinajstić information content (AvgIpc) is 2.80. The van der Waals surface area contributed by atoms with Gasteiger partial charge >= 0.3 is 5.97 Å². The first-order valence-electron chi connectivity index (χ1n) is 7.94. The van der Waals surface area contributed by atoms with Crippen LogP contribution < -0.4 is 5.32 Å². The molecule has 25 heavy (non-hydrogen) atoms. The molecule has 4 atom stereocenters. The van der Waals surface area contributed by atoms with Crippen molar-refractivity contribution in [3.63, 3.8) is 0 Å². The standard InChI is InChI=1S/C15H20IN3O4S2/c1-6(2)10-17-4-7(5-18-10)24-14-9(13(21)22)19-11(20)8(12(19)25-14)15(3,16)23/h6-8,12,23H,4-5H2,1-3H3,(H,17,18)(H,21,22)/t8?,12-,15?/m1/s1. The second-order valence-electron chi connectivity index (χ2n) is 6.66. The van der Waals surface area contributed by atoms with E-state index in [9.17, 15) is 19.8 Å². The summed E-state index contributed by atoms with van der Waals surface area (Å²) in [6, 6.07) is 0. The number of carboxylic acids is 1. The fraction of sp³-hybridized carbons (Fsp3) is 0.667. The third-order valence-corrected chi connectivity index (χ3v) is 7.71. The molecule has 138 valence electrons. The van der Waals surface area contributed by atoms with Crippen LogP contribution >= 0.6 is 46.1 Å². The van der Waals surface area contributed by atoms with Crippen molar-refractivity contribution < 1.29 is 19.8 Å². The lowest BCUT2D eigenvalue weighted by Crippen LogP contribution is -2.63. The van der Waals surface area contributed by atoms with Gasteiger partial charge in [-0.05, 0) is 29.5 Å². The van der Waals surface area contributed by atoms with E-state index >= 15 is 0 Å². The summed E-state index contributed by atoms with van der Waals surface area (Å²) in [6.07, 6.45) is 0. The van der Waals surface area contributed by atoms with Gasteiger partial charge in [-0.3, -0.25) is 14.7 Å². The van der Waals surface area contributed by atoms with Crippen molar-refractivity contribution in [2.24, 2.45) is 16.8 Å². The predicted molar refractivity (Wildman–Crippen MR) is 108 cm³/mol. The molecule has 0 aromatic rings. The molecule has 3 unspecified atom stereocenters. The van der Waals surface area contributed by atoms with E-state index < -0.39 is 15.5 Å². The molecule has 0 radical (unpaired) electrons. The molecule has 0 spiro atoms. The number of carbonyl (C=O) groups excluding carboxylic acids is 1. The fourth-order valence-corrected chi connectivity index (χ4v) is 7.04. The van der Waals surface area contributed by atoms with Crippen LogP contribution in [0.2, 0.25) is 0 Å². The van der Waals surface area contributed by atoms with E-state index in [0.29, 0.717) is 23.2 Å². The maximum absolute atomic E-state index is 12.4. The van der Waals surface area contributed by atoms with Crippen LogP contribution in [-0.4, -0.2) is 60.1 Å². The Morgan fingerprint density at radius 3 is 2.72 bits per heavy atom. The van der Waals surface area contributed by atoms with Crippen LogP contribution in [0.1, 0.15) is 20.8 Å². The Labute approximate surface area is 168 Å². The van der Waals surface area contributed by atoms with Crippen LogP contribution in [0, 0.1) is 11.8 Å². The molecule has 7 nitrogen and oxygen atoms in total. The van der Waals surface area contributed by atoms with Crippen molar-refractivity contribution in [2.75, 3.05) is 13.1 Å². The smallest absolute Gasteiger partial charge is 0.354 e. The summed E-state index contributed by atoms with van der Waals surface area (Å²) in [5.74, 6) is -0.713. The largest absolute Gasteiger partial charge is 0.477 e. The minimum absolute atomic E-state index is 0.0422. The van der Waals surface area contributed by atoms with Gasteiger partial charge < -0.3 is 15.5 Å². The number of hydrogen-bond acceptors (Lipinski definition) is 7. The number of amidine groups is 1. The highest BCUT2D eigenvalue weighted by atomic mass is 127. The van der Waals surface area contributed by atoms with Gasteiger partial charge in [-0.25, -0.2) is 4.79 Å². The summed E-state index contributed by atoms with van der Waals surface area (Å²) in [5, 5.41) is 22.8. The third kappa shape index (κ3) is 3.54. The SMILES string of the molecule is CC(C)C1=NCC(SC2=C(C(=O)O)N3C(=O)C(C(C)(O)I)[C@H]3S2)CN1. The van der Waals surface area contributed by atoms with Crippen molar-refractivity contribution in [3.05, 3.63) is 9.93 Å². The molecule has 3 aliphatic rings. The molecule has 1 fully saturated rings. The quantitative estimate of drug-likeness (QED) is 0.302. The van der Waals surface area contributed by atoms with Crippen LogP contribution in [0.15, 0.2) is 14.9 Å². The second kappa shape index (κ2) is 6.93. The van der Waals surface area contributed by atoms with Gasteiger partial charge in [0.05, 0.1) is 16.6 Å². The maximum Gasteiger partial charge on any atom is 0.354 e. The summed E-state index contributed by atoms with van der Waals surface area (Å²) < 4.78 is -0.570. The van der Waals surface area contributed by atoms with E-state index in [1.165, 1.54) is 28.4 Å². The number of thioether (sulfide) groups is 2. The Bertz CT molecular complexity index is 674. The number of β-lactam (4-membered cyclic amide) rings is 1. The number of fused-ring (bicyclic) bond motifs is 1. The number of alkyl halides is 1. The zero-order valence-corrected chi connectivity index (χ0v) is 17.8. The fourth-order valence-electron chi connectivity index (χ4n) is 3.00. The van der Waals surface area contributed by atoms with Crippen molar-refractivity contribution in [1.29, 1.82) is 0 Å². The minimum atomic E-state index is -1.20. The monoisotopic (exact) mass is 497 g/mol. The van der Waals surface area contributed by atoms with E-state index in [1.807, 2.05) is 22.6 Å². The molecular weight excluding hydrogens is 477 g/mol. The molecule has 3 rings (SSSR count). The number of nitrogens with one attached hydrogen (secondary N) is 1. The summed E-state index contributed by atoms with van der Waals surface area (Å²) >= 11 is 4.65. The van der Waals surface area contributed by atoms with Crippen molar-refractivity contribution in [1.82, 2.24) is 10.2 Å². The van der Waals surface area contributed by atoms with Gasteiger partial charge in [-0.2, -0.15) is 0 Å². The number of aliphatic hydroxyl groups is 1. The number of carbonyl (C=O) groups is 2. The Morgan fingerprint density at radius 1 is 1.56 bits per heavy atom. The number of aliphatic imine (C=N–C) groups is 1. The normalized spacial score (nSPS) is 31.3. The van der Waals surface area contributed by atoms with Crippen molar-refractivity contribution in [2.45, 2.75) is 35.0 Å². The Hall–Kier alpha value is -0.460. The number of rotatable bonds is 5. The topological polar surface area (TPSA) is 102 Å². The van der Waals surface area contributed by atoms with Crippen LogP contribution in [0.5, 0.6) is 0 Å². The minimum Gasteiger partial charge on any atom is -0.477 e. The molecule has 3 N–H and O–H groups in total. The molecule has 0 aromatic heterocycles. The lowest BCUT2D eigenvalue weighted by molar-refractivity contribution is -0.157. The third-order valence-electron chi connectivity index (χ3n) is 4.27. The lowest BCUT2D eigenvalue weighted by Gasteiger charge is -2.46. The predicted octanol–water partition coefficient (Wildman–Crippen LogP) is 1.67. The average molecular weight is 497 g/mol. The molecule has 0 aliphatic carbocycles. The van der Waals surface area contributed by atoms with Gasteiger partial charge in [0.2, 0.25) is 5.91 Å². The highest BCUT2D eigenvalue weighted by Crippen LogP contribution is 2.57. The van der Waals surface area contributed by atoms with E-state index in [-0.39, 0.29) is 22.2 Å². The summed E-state index contributed by atoms with van der Waals surface area (Å²) in [4.78, 5) is 29.9. The Balaban J connectivity index is 1.76. The van der Waals surface area contributed by atoms with Gasteiger partial charge in [0.15, 0.2) is 5.70 Å². The van der Waals surface area contributed by atoms with Gasteiger partial charge in [-0.15, -0.1) is 11.8 Å². The number of aliphatic carboxylic acids is 1. The molecule has 1 saturated heterocycles. The summed E-state index contributed by atoms with van der Waals surface area (Å²) in [6.45, 7) is 7.05. The van der Waals surface area contributed by atoms with E-state index in [1.54, 1.807) is 6.92 Å². The number of nitrogens with zero attached hydrogens (tertiary/aromatic N) is 2. The highest BCUT2D eigenvalue weighted by Gasteiger charge is 2.61. The molecule has 0 saturated carbocycles. The molecule has 3 aliphatic heterocycles. The first kappa shape index (κ1) is 19.3. The van der Waals surface area contributed by atoms with Crippen LogP contribution in [0.3, 0.4) is 0 Å². The second-order valence-corrected chi connectivity index (χ2v) is 11.5.